The van der Waals surface area contributed by atoms with Gasteiger partial charge in [0.1, 0.15) is 35.8 Å². The SMILES string of the molecule is COc1ncc(N2CCOc3ccc(OC4CCN(C(=O)Cc5ccncc5)C4)cc32)cc1C#N. The predicted octanol–water partition coefficient (Wildman–Crippen LogP) is 3.11. The molecule has 1 saturated heterocycles. The zero-order valence-electron chi connectivity index (χ0n) is 19.4. The van der Waals surface area contributed by atoms with Gasteiger partial charge in [0.25, 0.3) is 0 Å². The standard InChI is InChI=1S/C26H25N5O4/c1-33-26-19(15-27)13-20(16-29-26)31-10-11-34-24-3-2-21(14-23(24)31)35-22-6-9-30(17-22)25(32)12-18-4-7-28-8-5-18/h2-5,7-8,13-14,16,22H,6,9-12,17H2,1H3. The monoisotopic (exact) mass is 471 g/mol. The van der Waals surface area contributed by atoms with E-state index in [-0.39, 0.29) is 12.0 Å². The summed E-state index contributed by atoms with van der Waals surface area (Å²) in [6.07, 6.45) is 6.13. The van der Waals surface area contributed by atoms with Crippen molar-refractivity contribution in [3.63, 3.8) is 0 Å². The Morgan fingerprint density at radius 2 is 2.09 bits per heavy atom. The van der Waals surface area contributed by atoms with Crippen LogP contribution in [-0.2, 0) is 11.2 Å². The fourth-order valence-corrected chi connectivity index (χ4v) is 4.40. The molecule has 0 spiro atoms. The van der Waals surface area contributed by atoms with Gasteiger partial charge < -0.3 is 24.0 Å². The number of nitrogens with zero attached hydrogens (tertiary/aromatic N) is 5. The Hall–Kier alpha value is -4.32. The Labute approximate surface area is 203 Å². The largest absolute Gasteiger partial charge is 0.490 e. The summed E-state index contributed by atoms with van der Waals surface area (Å²) in [5.41, 5.74) is 2.94. The first kappa shape index (κ1) is 22.5. The number of fused-ring (bicyclic) bond motifs is 1. The van der Waals surface area contributed by atoms with Crippen molar-refractivity contribution in [2.24, 2.45) is 0 Å². The number of rotatable bonds is 6. The normalized spacial score (nSPS) is 16.7. The molecule has 0 radical (unpaired) electrons. The number of hydrogen-bond acceptors (Lipinski definition) is 8. The molecule has 1 unspecified atom stereocenters. The fourth-order valence-electron chi connectivity index (χ4n) is 4.40. The number of aromatic nitrogens is 2. The molecule has 1 amide bonds. The molecule has 5 rings (SSSR count). The van der Waals surface area contributed by atoms with Crippen molar-refractivity contribution >= 4 is 17.3 Å². The van der Waals surface area contributed by atoms with Crippen molar-refractivity contribution in [1.29, 1.82) is 5.26 Å². The number of carbonyl (C=O) groups excluding carboxylic acids is 1. The van der Waals surface area contributed by atoms with Crippen molar-refractivity contribution < 1.29 is 19.0 Å². The van der Waals surface area contributed by atoms with Crippen LogP contribution in [-0.4, -0.2) is 60.2 Å². The number of likely N-dealkylation sites (tertiary alicyclic amines) is 1. The van der Waals surface area contributed by atoms with Crippen LogP contribution >= 0.6 is 0 Å². The van der Waals surface area contributed by atoms with Crippen LogP contribution in [0.2, 0.25) is 0 Å². The van der Waals surface area contributed by atoms with E-state index in [1.165, 1.54) is 7.11 Å². The highest BCUT2D eigenvalue weighted by Crippen LogP contribution is 2.40. The van der Waals surface area contributed by atoms with Gasteiger partial charge in [0.15, 0.2) is 0 Å². The summed E-state index contributed by atoms with van der Waals surface area (Å²) in [6.45, 7) is 2.34. The lowest BCUT2D eigenvalue weighted by Gasteiger charge is -2.31. The van der Waals surface area contributed by atoms with Gasteiger partial charge in [-0.2, -0.15) is 5.26 Å². The summed E-state index contributed by atoms with van der Waals surface area (Å²) < 4.78 is 17.3. The second kappa shape index (κ2) is 9.89. The number of nitriles is 1. The first-order chi connectivity index (χ1) is 17.1. The molecule has 2 aromatic heterocycles. The lowest BCUT2D eigenvalue weighted by atomic mass is 10.2. The predicted molar refractivity (Wildman–Crippen MR) is 128 cm³/mol. The van der Waals surface area contributed by atoms with Gasteiger partial charge in [-0.15, -0.1) is 0 Å². The smallest absolute Gasteiger partial charge is 0.231 e. The van der Waals surface area contributed by atoms with Crippen LogP contribution in [0.5, 0.6) is 17.4 Å². The van der Waals surface area contributed by atoms with Crippen LogP contribution < -0.4 is 19.1 Å². The molecule has 0 bridgehead atoms. The van der Waals surface area contributed by atoms with Gasteiger partial charge in [-0.25, -0.2) is 4.98 Å². The van der Waals surface area contributed by atoms with E-state index in [0.717, 1.165) is 29.1 Å². The second-order valence-electron chi connectivity index (χ2n) is 8.39. The summed E-state index contributed by atoms with van der Waals surface area (Å²) in [4.78, 5) is 24.9. The molecule has 9 heteroatoms. The molecule has 9 nitrogen and oxygen atoms in total. The Balaban J connectivity index is 1.29. The molecule has 2 aliphatic rings. The minimum absolute atomic E-state index is 0.0831. The molecule has 1 atom stereocenters. The lowest BCUT2D eigenvalue weighted by Crippen LogP contribution is -2.32. The van der Waals surface area contributed by atoms with E-state index in [2.05, 4.69) is 20.9 Å². The van der Waals surface area contributed by atoms with Gasteiger partial charge in [-0.1, -0.05) is 0 Å². The number of carbonyl (C=O) groups is 1. The van der Waals surface area contributed by atoms with Crippen LogP contribution in [0.1, 0.15) is 17.5 Å². The fraction of sp³-hybridized carbons (Fsp3) is 0.308. The van der Waals surface area contributed by atoms with Crippen molar-refractivity contribution in [1.82, 2.24) is 14.9 Å². The van der Waals surface area contributed by atoms with Crippen LogP contribution in [0.4, 0.5) is 11.4 Å². The average Bonchev–Trinajstić information content (AvgIpc) is 3.37. The molecule has 0 aliphatic carbocycles. The average molecular weight is 472 g/mol. The Morgan fingerprint density at radius 1 is 1.23 bits per heavy atom. The molecule has 0 saturated carbocycles. The summed E-state index contributed by atoms with van der Waals surface area (Å²) in [5.74, 6) is 1.83. The number of hydrogen-bond donors (Lipinski definition) is 0. The van der Waals surface area contributed by atoms with Gasteiger partial charge in [-0.05, 0) is 35.9 Å². The summed E-state index contributed by atoms with van der Waals surface area (Å²) in [6, 6.07) is 13.3. The lowest BCUT2D eigenvalue weighted by molar-refractivity contribution is -0.129. The van der Waals surface area contributed by atoms with Crippen molar-refractivity contribution in [3.05, 3.63) is 66.1 Å². The van der Waals surface area contributed by atoms with Crippen molar-refractivity contribution in [3.8, 4) is 23.4 Å². The zero-order valence-corrected chi connectivity index (χ0v) is 19.4. The van der Waals surface area contributed by atoms with Crippen LogP contribution in [0.25, 0.3) is 0 Å². The van der Waals surface area contributed by atoms with Crippen LogP contribution in [0.3, 0.4) is 0 Å². The molecule has 2 aliphatic heterocycles. The number of methoxy groups -OCH3 is 1. The minimum atomic E-state index is -0.0831. The van der Waals surface area contributed by atoms with Gasteiger partial charge in [0, 0.05) is 31.4 Å². The van der Waals surface area contributed by atoms with E-state index in [1.807, 2.05) is 35.2 Å². The summed E-state index contributed by atoms with van der Waals surface area (Å²) in [5, 5.41) is 9.45. The highest BCUT2D eigenvalue weighted by Gasteiger charge is 2.28. The molecular formula is C26H25N5O4. The summed E-state index contributed by atoms with van der Waals surface area (Å²) in [7, 11) is 1.49. The highest BCUT2D eigenvalue weighted by molar-refractivity contribution is 5.79. The van der Waals surface area contributed by atoms with E-state index in [4.69, 9.17) is 14.2 Å². The van der Waals surface area contributed by atoms with E-state index in [9.17, 15) is 10.1 Å². The maximum atomic E-state index is 12.7. The van der Waals surface area contributed by atoms with E-state index < -0.39 is 0 Å². The van der Waals surface area contributed by atoms with Crippen molar-refractivity contribution in [2.75, 3.05) is 38.3 Å². The molecule has 1 aromatic carbocycles. The zero-order chi connectivity index (χ0) is 24.2. The third-order valence-corrected chi connectivity index (χ3v) is 6.16. The molecule has 35 heavy (non-hydrogen) atoms. The van der Waals surface area contributed by atoms with Gasteiger partial charge in [-0.3, -0.25) is 9.78 Å². The second-order valence-corrected chi connectivity index (χ2v) is 8.39. The molecule has 178 valence electrons. The first-order valence-corrected chi connectivity index (χ1v) is 11.5. The molecule has 4 heterocycles. The molecule has 3 aromatic rings. The topological polar surface area (TPSA) is 101 Å². The molecule has 0 N–H and O–H groups in total. The quantitative estimate of drug-likeness (QED) is 0.541. The number of pyridine rings is 2. The van der Waals surface area contributed by atoms with E-state index in [0.29, 0.717) is 49.9 Å². The van der Waals surface area contributed by atoms with Gasteiger partial charge in [0.05, 0.1) is 44.2 Å². The Kier molecular flexibility index (Phi) is 6.35. The third kappa shape index (κ3) is 4.82. The van der Waals surface area contributed by atoms with Crippen LogP contribution in [0, 0.1) is 11.3 Å². The Bertz CT molecular complexity index is 1260. The van der Waals surface area contributed by atoms with E-state index >= 15 is 0 Å². The molecular weight excluding hydrogens is 446 g/mol. The number of amides is 1. The Morgan fingerprint density at radius 3 is 2.89 bits per heavy atom. The minimum Gasteiger partial charge on any atom is -0.490 e. The van der Waals surface area contributed by atoms with Crippen molar-refractivity contribution in [2.45, 2.75) is 18.9 Å². The van der Waals surface area contributed by atoms with Crippen LogP contribution in [0.15, 0.2) is 55.0 Å². The highest BCUT2D eigenvalue weighted by atomic mass is 16.5. The maximum Gasteiger partial charge on any atom is 0.231 e. The number of benzene rings is 1. The number of anilines is 2. The maximum absolute atomic E-state index is 12.7. The van der Waals surface area contributed by atoms with E-state index in [1.54, 1.807) is 24.7 Å². The van der Waals surface area contributed by atoms with Gasteiger partial charge in [0.2, 0.25) is 11.8 Å². The number of ether oxygens (including phenoxy) is 3. The van der Waals surface area contributed by atoms with Gasteiger partial charge >= 0.3 is 0 Å². The summed E-state index contributed by atoms with van der Waals surface area (Å²) >= 11 is 0. The third-order valence-electron chi connectivity index (χ3n) is 6.16. The first-order valence-electron chi connectivity index (χ1n) is 11.5. The molecule has 1 fully saturated rings.